The van der Waals surface area contributed by atoms with Gasteiger partial charge in [0.25, 0.3) is 5.91 Å². The lowest BCUT2D eigenvalue weighted by molar-refractivity contribution is 0.0728. The summed E-state index contributed by atoms with van der Waals surface area (Å²) in [4.78, 5) is 13.4. The first-order chi connectivity index (χ1) is 7.56. The van der Waals surface area contributed by atoms with Crippen LogP contribution in [0.4, 0.5) is 0 Å². The van der Waals surface area contributed by atoms with E-state index in [0.717, 1.165) is 11.5 Å². The van der Waals surface area contributed by atoms with Crippen molar-refractivity contribution in [1.29, 1.82) is 0 Å². The van der Waals surface area contributed by atoms with Crippen LogP contribution in [0.5, 0.6) is 0 Å². The molecule has 0 radical (unpaired) electrons. The van der Waals surface area contributed by atoms with Crippen LogP contribution >= 0.6 is 11.5 Å². The van der Waals surface area contributed by atoms with Gasteiger partial charge in [-0.3, -0.25) is 4.79 Å². The number of amides is 1. The second kappa shape index (κ2) is 5.40. The number of aromatic nitrogens is 2. The number of nitrogens with zero attached hydrogens (tertiary/aromatic N) is 4. The van der Waals surface area contributed by atoms with Crippen molar-refractivity contribution < 1.29 is 10.0 Å². The molecule has 16 heavy (non-hydrogen) atoms. The fourth-order valence-corrected chi connectivity index (χ4v) is 1.53. The van der Waals surface area contributed by atoms with Gasteiger partial charge in [-0.2, -0.15) is 0 Å². The SMILES string of the molecule is CC(C)N(CC(N)=NO)C(=O)c1csnn1. The fraction of sp³-hybridized carbons (Fsp3) is 0.500. The van der Waals surface area contributed by atoms with E-state index >= 15 is 0 Å². The predicted octanol–water partition coefficient (Wildman–Crippen LogP) is 0.135. The maximum Gasteiger partial charge on any atom is 0.275 e. The molecule has 1 heterocycles. The molecule has 8 heteroatoms. The molecule has 1 aromatic rings. The molecule has 0 atom stereocenters. The van der Waals surface area contributed by atoms with Crippen molar-refractivity contribution in [1.82, 2.24) is 14.5 Å². The van der Waals surface area contributed by atoms with Crippen LogP contribution in [0.3, 0.4) is 0 Å². The molecule has 0 aliphatic carbocycles. The molecule has 7 nitrogen and oxygen atoms in total. The lowest BCUT2D eigenvalue weighted by atomic mass is 10.2. The minimum Gasteiger partial charge on any atom is -0.409 e. The first kappa shape index (κ1) is 12.4. The van der Waals surface area contributed by atoms with Crippen molar-refractivity contribution in [3.63, 3.8) is 0 Å². The molecule has 1 aromatic heterocycles. The number of nitrogens with two attached hydrogens (primary N) is 1. The molecule has 3 N–H and O–H groups in total. The van der Waals surface area contributed by atoms with Crippen LogP contribution in [0.2, 0.25) is 0 Å². The molecule has 0 saturated heterocycles. The molecule has 0 bridgehead atoms. The summed E-state index contributed by atoms with van der Waals surface area (Å²) in [5, 5.41) is 16.6. The lowest BCUT2D eigenvalue weighted by Gasteiger charge is -2.24. The molecule has 88 valence electrons. The third-order valence-corrected chi connectivity index (χ3v) is 2.43. The molecule has 0 saturated carbocycles. The largest absolute Gasteiger partial charge is 0.409 e. The molecule has 0 aliphatic rings. The van der Waals surface area contributed by atoms with E-state index < -0.39 is 0 Å². The van der Waals surface area contributed by atoms with Gasteiger partial charge in [-0.1, -0.05) is 9.64 Å². The lowest BCUT2D eigenvalue weighted by Crippen LogP contribution is -2.43. The van der Waals surface area contributed by atoms with Crippen LogP contribution in [-0.2, 0) is 0 Å². The van der Waals surface area contributed by atoms with Crippen molar-refractivity contribution in [3.8, 4) is 0 Å². The summed E-state index contributed by atoms with van der Waals surface area (Å²) in [5.74, 6) is -0.305. The fourth-order valence-electron chi connectivity index (χ4n) is 1.10. The Labute approximate surface area is 96.7 Å². The number of carbonyl (C=O) groups is 1. The smallest absolute Gasteiger partial charge is 0.275 e. The minimum atomic E-state index is -0.282. The Bertz CT molecular complexity index is 376. The van der Waals surface area contributed by atoms with Crippen molar-refractivity contribution in [2.24, 2.45) is 10.9 Å². The zero-order valence-corrected chi connectivity index (χ0v) is 9.81. The van der Waals surface area contributed by atoms with Gasteiger partial charge >= 0.3 is 0 Å². The third-order valence-electron chi connectivity index (χ3n) is 1.92. The van der Waals surface area contributed by atoms with Gasteiger partial charge in [0, 0.05) is 11.4 Å². The molecule has 0 unspecified atom stereocenters. The normalized spacial score (nSPS) is 11.8. The Kier molecular flexibility index (Phi) is 4.18. The Morgan fingerprint density at radius 2 is 2.44 bits per heavy atom. The number of carbonyl (C=O) groups excluding carboxylic acids is 1. The average molecular weight is 243 g/mol. The first-order valence-corrected chi connectivity index (χ1v) is 5.44. The van der Waals surface area contributed by atoms with E-state index in [1.54, 1.807) is 5.38 Å². The number of amidine groups is 1. The summed E-state index contributed by atoms with van der Waals surface area (Å²) in [6.07, 6.45) is 0. The monoisotopic (exact) mass is 243 g/mol. The van der Waals surface area contributed by atoms with Gasteiger partial charge in [-0.25, -0.2) is 0 Å². The van der Waals surface area contributed by atoms with Gasteiger partial charge in [-0.15, -0.1) is 5.10 Å². The van der Waals surface area contributed by atoms with Crippen LogP contribution in [-0.4, -0.2) is 44.0 Å². The van der Waals surface area contributed by atoms with Gasteiger partial charge in [0.1, 0.15) is 0 Å². The van der Waals surface area contributed by atoms with Crippen molar-refractivity contribution >= 4 is 23.3 Å². The van der Waals surface area contributed by atoms with E-state index in [4.69, 9.17) is 10.9 Å². The topological polar surface area (TPSA) is 105 Å². The van der Waals surface area contributed by atoms with Gasteiger partial charge in [-0.05, 0) is 25.4 Å². The minimum absolute atomic E-state index is 0.0229. The Hall–Kier alpha value is -1.70. The molecular weight excluding hydrogens is 230 g/mol. The van der Waals surface area contributed by atoms with Crippen LogP contribution in [0.15, 0.2) is 10.5 Å². The van der Waals surface area contributed by atoms with E-state index in [-0.39, 0.29) is 30.0 Å². The Balaban J connectivity index is 2.82. The Morgan fingerprint density at radius 1 is 1.75 bits per heavy atom. The predicted molar refractivity (Wildman–Crippen MR) is 59.5 cm³/mol. The van der Waals surface area contributed by atoms with Crippen molar-refractivity contribution in [2.75, 3.05) is 6.54 Å². The summed E-state index contributed by atoms with van der Waals surface area (Å²) in [7, 11) is 0. The number of rotatable bonds is 4. The maximum absolute atomic E-state index is 11.9. The zero-order chi connectivity index (χ0) is 12.1. The zero-order valence-electron chi connectivity index (χ0n) is 8.99. The molecule has 0 aliphatic heterocycles. The second-order valence-corrected chi connectivity index (χ2v) is 4.02. The highest BCUT2D eigenvalue weighted by Gasteiger charge is 2.21. The summed E-state index contributed by atoms with van der Waals surface area (Å²) >= 11 is 1.10. The van der Waals surface area contributed by atoms with Gasteiger partial charge in [0.2, 0.25) is 0 Å². The van der Waals surface area contributed by atoms with E-state index in [0.29, 0.717) is 0 Å². The van der Waals surface area contributed by atoms with Crippen LogP contribution < -0.4 is 5.73 Å². The molecule has 1 amide bonds. The quantitative estimate of drug-likeness (QED) is 0.338. The van der Waals surface area contributed by atoms with E-state index in [9.17, 15) is 4.79 Å². The van der Waals surface area contributed by atoms with E-state index in [2.05, 4.69) is 14.7 Å². The van der Waals surface area contributed by atoms with Gasteiger partial charge in [0.05, 0.1) is 6.54 Å². The third kappa shape index (κ3) is 2.89. The van der Waals surface area contributed by atoms with Crippen molar-refractivity contribution in [2.45, 2.75) is 19.9 Å². The standard InChI is InChI=1S/C8H13N5O2S/c1-5(2)13(3-7(9)11-15)8(14)6-4-16-12-10-6/h4-5,15H,3H2,1-2H3,(H2,9,11). The first-order valence-electron chi connectivity index (χ1n) is 4.60. The average Bonchev–Trinajstić information content (AvgIpc) is 2.77. The van der Waals surface area contributed by atoms with Crippen LogP contribution in [0.25, 0.3) is 0 Å². The summed E-state index contributed by atoms with van der Waals surface area (Å²) in [6, 6.07) is -0.0745. The van der Waals surface area contributed by atoms with E-state index in [1.165, 1.54) is 4.90 Å². The van der Waals surface area contributed by atoms with Crippen LogP contribution in [0.1, 0.15) is 24.3 Å². The van der Waals surface area contributed by atoms with Crippen molar-refractivity contribution in [3.05, 3.63) is 11.1 Å². The number of hydrogen-bond acceptors (Lipinski definition) is 6. The molecule has 0 fully saturated rings. The maximum atomic E-state index is 11.9. The van der Waals surface area contributed by atoms with E-state index in [1.807, 2.05) is 13.8 Å². The molecule has 1 rings (SSSR count). The number of oxime groups is 1. The highest BCUT2D eigenvalue weighted by atomic mass is 32.1. The molecular formula is C8H13N5O2S. The summed E-state index contributed by atoms with van der Waals surface area (Å²) in [6.45, 7) is 3.73. The molecule has 0 aromatic carbocycles. The Morgan fingerprint density at radius 3 is 2.88 bits per heavy atom. The number of hydrogen-bond donors (Lipinski definition) is 2. The summed E-state index contributed by atoms with van der Waals surface area (Å²) in [5.41, 5.74) is 5.64. The van der Waals surface area contributed by atoms with Crippen LogP contribution in [0, 0.1) is 0 Å². The van der Waals surface area contributed by atoms with Gasteiger partial charge in [0.15, 0.2) is 11.5 Å². The second-order valence-electron chi connectivity index (χ2n) is 3.41. The molecule has 0 spiro atoms. The van der Waals surface area contributed by atoms with Gasteiger partial charge < -0.3 is 15.8 Å². The highest BCUT2D eigenvalue weighted by Crippen LogP contribution is 2.07. The summed E-state index contributed by atoms with van der Waals surface area (Å²) < 4.78 is 3.62. The highest BCUT2D eigenvalue weighted by molar-refractivity contribution is 7.03.